The third kappa shape index (κ3) is 4.57. The summed E-state index contributed by atoms with van der Waals surface area (Å²) in [6, 6.07) is 14.7. The largest absolute Gasteiger partial charge is 0.357 e. The Balaban J connectivity index is 1.23. The van der Waals surface area contributed by atoms with Crippen LogP contribution in [-0.2, 0) is 21.4 Å². The fraction of sp³-hybridized carbons (Fsp3) is 0.333. The summed E-state index contributed by atoms with van der Waals surface area (Å²) in [6.07, 6.45) is 2.25. The minimum absolute atomic E-state index is 0.172. The topological polar surface area (TPSA) is 84.8 Å². The normalized spacial score (nSPS) is 17.6. The molecule has 0 atom stereocenters. The van der Waals surface area contributed by atoms with Gasteiger partial charge in [0.05, 0.1) is 6.54 Å². The number of piperazine rings is 1. The predicted octanol–water partition coefficient (Wildman–Crippen LogP) is 4.01. The number of sulfonamides is 1. The van der Waals surface area contributed by atoms with Gasteiger partial charge in [0.2, 0.25) is 5.91 Å². The Kier molecular flexibility index (Phi) is 6.37. The van der Waals surface area contributed by atoms with Crippen LogP contribution in [0.25, 0.3) is 10.1 Å². The molecule has 7 nitrogen and oxygen atoms in total. The molecule has 0 bridgehead atoms. The van der Waals surface area contributed by atoms with Crippen LogP contribution >= 0.6 is 22.9 Å². The van der Waals surface area contributed by atoms with Gasteiger partial charge in [0.15, 0.2) is 0 Å². The average Bonchev–Trinajstić information content (AvgIpc) is 3.50. The zero-order valence-electron chi connectivity index (χ0n) is 18.5. The van der Waals surface area contributed by atoms with E-state index in [1.54, 1.807) is 29.2 Å². The van der Waals surface area contributed by atoms with E-state index in [2.05, 4.69) is 4.90 Å². The molecule has 1 N–H and O–H groups in total. The van der Waals surface area contributed by atoms with Gasteiger partial charge in [-0.25, -0.2) is 8.42 Å². The van der Waals surface area contributed by atoms with Crippen LogP contribution in [0.4, 0.5) is 0 Å². The Morgan fingerprint density at radius 3 is 2.44 bits per heavy atom. The molecule has 34 heavy (non-hydrogen) atoms. The van der Waals surface area contributed by atoms with Crippen LogP contribution < -0.4 is 0 Å². The standard InChI is InChI=1S/C24H25ClN4O3S2/c25-20-8-7-19-13-23(33-21(19)14-20)34(31,32)29-12-11-28(22(30)16-29)15-17-3-5-18(6-4-17)24(26)27-9-1-2-10-27/h3-8,13-14,26H,1-2,9-12,15-16H2. The Labute approximate surface area is 208 Å². The second-order valence-electron chi connectivity index (χ2n) is 8.64. The summed E-state index contributed by atoms with van der Waals surface area (Å²) in [4.78, 5) is 16.6. The van der Waals surface area contributed by atoms with Gasteiger partial charge in [-0.15, -0.1) is 11.3 Å². The van der Waals surface area contributed by atoms with E-state index in [0.717, 1.165) is 47.1 Å². The molecular weight excluding hydrogens is 492 g/mol. The summed E-state index contributed by atoms with van der Waals surface area (Å²) in [5.41, 5.74) is 1.83. The first-order valence-electron chi connectivity index (χ1n) is 11.2. The average molecular weight is 517 g/mol. The van der Waals surface area contributed by atoms with Gasteiger partial charge >= 0.3 is 0 Å². The van der Waals surface area contributed by atoms with Crippen molar-refractivity contribution in [1.29, 1.82) is 5.41 Å². The lowest BCUT2D eigenvalue weighted by molar-refractivity contribution is -0.134. The monoisotopic (exact) mass is 516 g/mol. The number of likely N-dealkylation sites (tertiary alicyclic amines) is 1. The van der Waals surface area contributed by atoms with E-state index in [0.29, 0.717) is 23.9 Å². The van der Waals surface area contributed by atoms with E-state index in [9.17, 15) is 13.2 Å². The lowest BCUT2D eigenvalue weighted by Gasteiger charge is -2.33. The summed E-state index contributed by atoms with van der Waals surface area (Å²) >= 11 is 7.20. The van der Waals surface area contributed by atoms with Crippen molar-refractivity contribution >= 4 is 54.8 Å². The van der Waals surface area contributed by atoms with Crippen molar-refractivity contribution in [2.75, 3.05) is 32.7 Å². The number of fused-ring (bicyclic) bond motifs is 1. The smallest absolute Gasteiger partial charge is 0.253 e. The highest BCUT2D eigenvalue weighted by Crippen LogP contribution is 2.33. The first kappa shape index (κ1) is 23.3. The van der Waals surface area contributed by atoms with Gasteiger partial charge in [-0.2, -0.15) is 4.31 Å². The van der Waals surface area contributed by atoms with Crippen molar-refractivity contribution in [1.82, 2.24) is 14.1 Å². The van der Waals surface area contributed by atoms with E-state index < -0.39 is 10.0 Å². The Morgan fingerprint density at radius 2 is 1.74 bits per heavy atom. The van der Waals surface area contributed by atoms with Crippen LogP contribution in [0.3, 0.4) is 0 Å². The lowest BCUT2D eigenvalue weighted by Crippen LogP contribution is -2.51. The second-order valence-corrected chi connectivity index (χ2v) is 12.3. The van der Waals surface area contributed by atoms with E-state index in [4.69, 9.17) is 17.0 Å². The van der Waals surface area contributed by atoms with Crippen LogP contribution in [0.15, 0.2) is 52.7 Å². The third-order valence-corrected chi connectivity index (χ3v) is 9.99. The zero-order valence-corrected chi connectivity index (χ0v) is 20.9. The molecule has 2 saturated heterocycles. The molecule has 1 amide bonds. The number of amides is 1. The molecule has 0 spiro atoms. The molecule has 178 valence electrons. The van der Waals surface area contributed by atoms with E-state index in [1.165, 1.54) is 15.6 Å². The number of carbonyl (C=O) groups is 1. The molecule has 5 rings (SSSR count). The summed E-state index contributed by atoms with van der Waals surface area (Å²) in [7, 11) is -3.76. The minimum atomic E-state index is -3.76. The van der Waals surface area contributed by atoms with Gasteiger partial charge < -0.3 is 9.80 Å². The number of nitrogens with one attached hydrogen (secondary N) is 1. The van der Waals surface area contributed by atoms with Gasteiger partial charge in [-0.3, -0.25) is 10.2 Å². The highest BCUT2D eigenvalue weighted by molar-refractivity contribution is 7.91. The first-order chi connectivity index (χ1) is 16.3. The summed E-state index contributed by atoms with van der Waals surface area (Å²) in [5.74, 6) is 0.329. The van der Waals surface area contributed by atoms with Crippen molar-refractivity contribution in [2.24, 2.45) is 0 Å². The molecule has 0 radical (unpaired) electrons. The Morgan fingerprint density at radius 1 is 1.00 bits per heavy atom. The maximum Gasteiger partial charge on any atom is 0.253 e. The van der Waals surface area contributed by atoms with E-state index >= 15 is 0 Å². The number of thiophene rings is 1. The molecule has 2 fully saturated rings. The van der Waals surface area contributed by atoms with Gasteiger partial charge in [-0.05, 0) is 42.0 Å². The molecule has 0 aliphatic carbocycles. The van der Waals surface area contributed by atoms with Crippen LogP contribution in [0.5, 0.6) is 0 Å². The molecule has 0 unspecified atom stereocenters. The van der Waals surface area contributed by atoms with Crippen molar-refractivity contribution < 1.29 is 13.2 Å². The SMILES string of the molecule is N=C(c1ccc(CN2CCN(S(=O)(=O)c3cc4ccc(Cl)cc4s3)CC2=O)cc1)N1CCCC1. The zero-order chi connectivity index (χ0) is 23.9. The summed E-state index contributed by atoms with van der Waals surface area (Å²) in [5, 5.41) is 9.75. The molecule has 2 aliphatic heterocycles. The molecule has 10 heteroatoms. The maximum absolute atomic E-state index is 13.2. The molecular formula is C24H25ClN4O3S2. The number of rotatable bonds is 5. The van der Waals surface area contributed by atoms with Gasteiger partial charge in [-0.1, -0.05) is 41.9 Å². The minimum Gasteiger partial charge on any atom is -0.357 e. The quantitative estimate of drug-likeness (QED) is 0.410. The summed E-state index contributed by atoms with van der Waals surface area (Å²) in [6.45, 7) is 2.69. The number of amidine groups is 1. The number of nitrogens with zero attached hydrogens (tertiary/aromatic N) is 3. The number of benzene rings is 2. The van der Waals surface area contributed by atoms with Crippen molar-refractivity contribution in [3.05, 3.63) is 64.7 Å². The first-order valence-corrected chi connectivity index (χ1v) is 13.8. The summed E-state index contributed by atoms with van der Waals surface area (Å²) < 4.78 is 28.6. The highest BCUT2D eigenvalue weighted by atomic mass is 35.5. The molecule has 2 aromatic carbocycles. The van der Waals surface area contributed by atoms with Crippen molar-refractivity contribution in [2.45, 2.75) is 23.6 Å². The fourth-order valence-electron chi connectivity index (χ4n) is 4.41. The Bertz CT molecular complexity index is 1350. The predicted molar refractivity (Wildman–Crippen MR) is 135 cm³/mol. The lowest BCUT2D eigenvalue weighted by atomic mass is 10.1. The van der Waals surface area contributed by atoms with Crippen LogP contribution in [0.2, 0.25) is 5.02 Å². The molecule has 3 heterocycles. The number of hydrogen-bond acceptors (Lipinski definition) is 5. The number of hydrogen-bond donors (Lipinski definition) is 1. The number of halogens is 1. The van der Waals surface area contributed by atoms with E-state index in [1.807, 2.05) is 24.3 Å². The van der Waals surface area contributed by atoms with Gasteiger partial charge in [0.25, 0.3) is 10.0 Å². The van der Waals surface area contributed by atoms with E-state index in [-0.39, 0.29) is 23.2 Å². The molecule has 3 aromatic rings. The second kappa shape index (κ2) is 9.30. The van der Waals surface area contributed by atoms with Crippen LogP contribution in [-0.4, -0.2) is 67.0 Å². The van der Waals surface area contributed by atoms with Gasteiger partial charge in [0.1, 0.15) is 10.0 Å². The van der Waals surface area contributed by atoms with Crippen molar-refractivity contribution in [3.8, 4) is 0 Å². The maximum atomic E-state index is 13.2. The fourth-order valence-corrected chi connectivity index (χ4v) is 7.62. The van der Waals surface area contributed by atoms with Gasteiger partial charge in [0, 0.05) is 48.0 Å². The Hall–Kier alpha value is -2.46. The van der Waals surface area contributed by atoms with Crippen molar-refractivity contribution in [3.63, 3.8) is 0 Å². The molecule has 2 aliphatic rings. The van der Waals surface area contributed by atoms with Crippen LogP contribution in [0, 0.1) is 5.41 Å². The highest BCUT2D eigenvalue weighted by Gasteiger charge is 2.34. The third-order valence-electron chi connectivity index (χ3n) is 6.36. The van der Waals surface area contributed by atoms with Crippen LogP contribution in [0.1, 0.15) is 24.0 Å². The molecule has 0 saturated carbocycles. The molecule has 1 aromatic heterocycles. The number of carbonyl (C=O) groups excluding carboxylic acids is 1.